The highest BCUT2D eigenvalue weighted by Crippen LogP contribution is 2.33. The monoisotopic (exact) mass is 494 g/mol. The van der Waals surface area contributed by atoms with Crippen LogP contribution < -0.4 is 10.1 Å². The molecule has 0 saturated carbocycles. The van der Waals surface area contributed by atoms with Crippen LogP contribution in [0.5, 0.6) is 5.75 Å². The summed E-state index contributed by atoms with van der Waals surface area (Å²) in [6.45, 7) is 2.88. The van der Waals surface area contributed by atoms with Crippen molar-refractivity contribution in [1.29, 1.82) is 5.26 Å². The largest absolute Gasteiger partial charge is 0.488 e. The number of methoxy groups -OCH3 is 1. The summed E-state index contributed by atoms with van der Waals surface area (Å²) < 4.78 is 42.6. The van der Waals surface area contributed by atoms with Crippen LogP contribution in [0.4, 0.5) is 8.78 Å². The Morgan fingerprint density at radius 2 is 2.19 bits per heavy atom. The minimum absolute atomic E-state index is 0.0502. The van der Waals surface area contributed by atoms with Crippen LogP contribution >= 0.6 is 0 Å². The van der Waals surface area contributed by atoms with Crippen LogP contribution in [0.2, 0.25) is 0 Å². The van der Waals surface area contributed by atoms with E-state index >= 15 is 0 Å². The zero-order valence-electron chi connectivity index (χ0n) is 19.7. The Labute approximate surface area is 205 Å². The topological polar surface area (TPSA) is 115 Å². The number of ether oxygens (including phenoxy) is 2. The van der Waals surface area contributed by atoms with Gasteiger partial charge in [-0.3, -0.25) is 4.98 Å². The maximum atomic E-state index is 14.6. The molecule has 0 bridgehead atoms. The summed E-state index contributed by atoms with van der Waals surface area (Å²) in [6.07, 6.45) is 3.26. The van der Waals surface area contributed by atoms with Gasteiger partial charge in [0.05, 0.1) is 29.8 Å². The molecule has 1 fully saturated rings. The third-order valence-corrected chi connectivity index (χ3v) is 6.34. The van der Waals surface area contributed by atoms with Crippen molar-refractivity contribution < 1.29 is 18.3 Å². The van der Waals surface area contributed by atoms with Crippen molar-refractivity contribution in [3.05, 3.63) is 59.6 Å². The van der Waals surface area contributed by atoms with Crippen molar-refractivity contribution in [2.24, 2.45) is 0 Å². The summed E-state index contributed by atoms with van der Waals surface area (Å²) in [5, 5.41) is 25.5. The molecule has 5 rings (SSSR count). The van der Waals surface area contributed by atoms with Crippen molar-refractivity contribution in [2.45, 2.75) is 31.7 Å². The molecule has 3 atom stereocenters. The second kappa shape index (κ2) is 9.96. The summed E-state index contributed by atoms with van der Waals surface area (Å²) in [7, 11) is 1.51. The van der Waals surface area contributed by atoms with Gasteiger partial charge in [-0.05, 0) is 38.1 Å². The minimum Gasteiger partial charge on any atom is -0.488 e. The molecule has 5 heterocycles. The van der Waals surface area contributed by atoms with Gasteiger partial charge in [-0.2, -0.15) is 10.4 Å². The van der Waals surface area contributed by atoms with Crippen molar-refractivity contribution >= 4 is 5.52 Å². The van der Waals surface area contributed by atoms with E-state index in [1.165, 1.54) is 25.4 Å². The minimum atomic E-state index is -1.07. The number of hydrogen-bond donors (Lipinski definition) is 1. The van der Waals surface area contributed by atoms with Crippen molar-refractivity contribution in [1.82, 2.24) is 34.9 Å². The van der Waals surface area contributed by atoms with E-state index in [-0.39, 0.29) is 13.2 Å². The summed E-state index contributed by atoms with van der Waals surface area (Å²) in [4.78, 5) is 4.07. The van der Waals surface area contributed by atoms with Crippen molar-refractivity contribution in [3.63, 3.8) is 0 Å². The lowest BCUT2D eigenvalue weighted by molar-refractivity contribution is 0.0549. The SMILES string of the molecule is COC(COc1cc(-c2nnn([C@@H]3CCNC[C@@H]3F)c2C)cn2ncc(C#N)c12)c1ccc(F)cn1. The molecular formula is C24H24F2N8O2. The lowest BCUT2D eigenvalue weighted by atomic mass is 10.0. The molecule has 186 valence electrons. The molecular weight excluding hydrogens is 470 g/mol. The van der Waals surface area contributed by atoms with E-state index in [0.29, 0.717) is 52.4 Å². The number of aromatic nitrogens is 6. The molecule has 1 saturated heterocycles. The third kappa shape index (κ3) is 4.38. The number of alkyl halides is 1. The zero-order chi connectivity index (χ0) is 25.2. The smallest absolute Gasteiger partial charge is 0.147 e. The number of piperidine rings is 1. The first kappa shape index (κ1) is 23.8. The fourth-order valence-corrected chi connectivity index (χ4v) is 4.43. The lowest BCUT2D eigenvalue weighted by Crippen LogP contribution is -2.39. The summed E-state index contributed by atoms with van der Waals surface area (Å²) >= 11 is 0. The Morgan fingerprint density at radius 3 is 2.92 bits per heavy atom. The van der Waals surface area contributed by atoms with Crippen LogP contribution in [-0.2, 0) is 4.74 Å². The summed E-state index contributed by atoms with van der Waals surface area (Å²) in [5.41, 5.74) is 3.24. The van der Waals surface area contributed by atoms with Gasteiger partial charge < -0.3 is 14.8 Å². The van der Waals surface area contributed by atoms with Gasteiger partial charge in [-0.25, -0.2) is 18.0 Å². The van der Waals surface area contributed by atoms with Gasteiger partial charge in [0.1, 0.15) is 53.3 Å². The molecule has 4 aromatic rings. The van der Waals surface area contributed by atoms with E-state index in [2.05, 4.69) is 31.8 Å². The highest BCUT2D eigenvalue weighted by Gasteiger charge is 2.29. The predicted octanol–water partition coefficient (Wildman–Crippen LogP) is 2.95. The van der Waals surface area contributed by atoms with E-state index in [0.717, 1.165) is 6.20 Å². The van der Waals surface area contributed by atoms with Gasteiger partial charge in [0.2, 0.25) is 0 Å². The normalized spacial score (nSPS) is 18.8. The van der Waals surface area contributed by atoms with Gasteiger partial charge in [-0.15, -0.1) is 5.10 Å². The van der Waals surface area contributed by atoms with Crippen LogP contribution in [-0.4, -0.2) is 62.6 Å². The molecule has 1 N–H and O–H groups in total. The van der Waals surface area contributed by atoms with Gasteiger partial charge in [0, 0.05) is 25.4 Å². The molecule has 1 unspecified atom stereocenters. The number of rotatable bonds is 7. The average Bonchev–Trinajstić information content (AvgIpc) is 3.48. The molecule has 1 aliphatic heterocycles. The van der Waals surface area contributed by atoms with Crippen LogP contribution in [0.3, 0.4) is 0 Å². The first-order valence-electron chi connectivity index (χ1n) is 11.5. The second-order valence-corrected chi connectivity index (χ2v) is 8.54. The number of fused-ring (bicyclic) bond motifs is 1. The van der Waals surface area contributed by atoms with Crippen LogP contribution in [0.25, 0.3) is 16.8 Å². The maximum absolute atomic E-state index is 14.6. The van der Waals surface area contributed by atoms with E-state index < -0.39 is 24.1 Å². The van der Waals surface area contributed by atoms with Crippen LogP contribution in [0, 0.1) is 24.1 Å². The average molecular weight is 495 g/mol. The summed E-state index contributed by atoms with van der Waals surface area (Å²) in [6, 6.07) is 6.30. The Bertz CT molecular complexity index is 1410. The number of hydrogen-bond acceptors (Lipinski definition) is 8. The van der Waals surface area contributed by atoms with E-state index in [4.69, 9.17) is 9.47 Å². The summed E-state index contributed by atoms with van der Waals surface area (Å²) in [5.74, 6) is -0.0706. The molecule has 36 heavy (non-hydrogen) atoms. The molecule has 4 aromatic heterocycles. The molecule has 0 amide bonds. The molecule has 0 aliphatic carbocycles. The highest BCUT2D eigenvalue weighted by molar-refractivity contribution is 5.74. The fraction of sp³-hybridized carbons (Fsp3) is 0.375. The highest BCUT2D eigenvalue weighted by atomic mass is 19.1. The van der Waals surface area contributed by atoms with E-state index in [9.17, 15) is 14.0 Å². The van der Waals surface area contributed by atoms with E-state index in [1.54, 1.807) is 21.5 Å². The predicted molar refractivity (Wildman–Crippen MR) is 125 cm³/mol. The van der Waals surface area contributed by atoms with Gasteiger partial charge in [0.25, 0.3) is 0 Å². The molecule has 0 radical (unpaired) electrons. The van der Waals surface area contributed by atoms with Crippen molar-refractivity contribution in [2.75, 3.05) is 26.8 Å². The van der Waals surface area contributed by atoms with Gasteiger partial charge >= 0.3 is 0 Å². The number of nitrogens with one attached hydrogen (secondary N) is 1. The first-order valence-corrected chi connectivity index (χ1v) is 11.5. The molecule has 1 aliphatic rings. The van der Waals surface area contributed by atoms with Gasteiger partial charge in [0.15, 0.2) is 0 Å². The van der Waals surface area contributed by atoms with Gasteiger partial charge in [-0.1, -0.05) is 5.21 Å². The number of nitriles is 1. The van der Waals surface area contributed by atoms with Crippen LogP contribution in [0.15, 0.2) is 36.8 Å². The first-order chi connectivity index (χ1) is 17.5. The number of halogens is 2. The Balaban J connectivity index is 1.50. The van der Waals surface area contributed by atoms with Crippen molar-refractivity contribution in [3.8, 4) is 23.1 Å². The second-order valence-electron chi connectivity index (χ2n) is 8.54. The fourth-order valence-electron chi connectivity index (χ4n) is 4.43. The quantitative estimate of drug-likeness (QED) is 0.417. The Kier molecular flexibility index (Phi) is 6.58. The Hall–Kier alpha value is -3.95. The Morgan fingerprint density at radius 1 is 1.33 bits per heavy atom. The molecule has 10 nitrogen and oxygen atoms in total. The zero-order valence-corrected chi connectivity index (χ0v) is 19.7. The lowest BCUT2D eigenvalue weighted by Gasteiger charge is -2.27. The molecule has 0 aromatic carbocycles. The van der Waals surface area contributed by atoms with Crippen LogP contribution in [0.1, 0.15) is 35.5 Å². The standard InChI is InChI=1S/C24H24F2N8O2/c1-14-23(31-32-34(14)20-5-6-28-11-18(20)26)15-7-21(24-16(8-27)9-30-33(24)12-15)36-13-22(35-2)19-4-3-17(25)10-29-19/h3-4,7,9-10,12,18,20,22,28H,5-6,11,13H2,1-2H3/t18-,20+,22?/m0/s1. The maximum Gasteiger partial charge on any atom is 0.147 e. The molecule has 0 spiro atoms. The number of pyridine rings is 2. The van der Waals surface area contributed by atoms with E-state index in [1.807, 2.05) is 6.92 Å². The number of nitrogens with zero attached hydrogens (tertiary/aromatic N) is 7. The molecule has 12 heteroatoms. The third-order valence-electron chi connectivity index (χ3n) is 6.34.